The summed E-state index contributed by atoms with van der Waals surface area (Å²) >= 11 is 0. The molecular weight excluding hydrogens is 943 g/mol. The van der Waals surface area contributed by atoms with Crippen molar-refractivity contribution >= 4 is 11.9 Å². The number of aliphatic hydroxyl groups is 5. The zero-order valence-corrected chi connectivity index (χ0v) is 47.6. The Kier molecular flexibility index (Phi) is 48.0. The number of allylic oxidation sites excluding steroid dienone is 13. The third kappa shape index (κ3) is 39.8. The highest BCUT2D eigenvalue weighted by atomic mass is 16.7. The Bertz CT molecular complexity index is 1540. The van der Waals surface area contributed by atoms with Crippen LogP contribution in [0.5, 0.6) is 0 Å². The number of nitrogens with one attached hydrogen (secondary N) is 1. The van der Waals surface area contributed by atoms with Crippen LogP contribution in [0.3, 0.4) is 0 Å². The maximum Gasteiger partial charge on any atom is 0.306 e. The SMILES string of the molecule is CC/C=C\C/C=C\C/C=C\C/C=C\C/C=C\CCCCC(O)C(=O)NC(COC1OC(CO)C(O)C(O)C1OC(=O)CCCCCCCCC/C=C/CCCCCCCC)C(O)/C=C/CCCCCCCCCCC. The maximum absolute atomic E-state index is 13.4. The van der Waals surface area contributed by atoms with E-state index in [-0.39, 0.29) is 19.4 Å². The molecule has 8 unspecified atom stereocenters. The van der Waals surface area contributed by atoms with Crippen molar-refractivity contribution in [2.24, 2.45) is 0 Å². The summed E-state index contributed by atoms with van der Waals surface area (Å²) in [4.78, 5) is 26.5. The van der Waals surface area contributed by atoms with E-state index in [1.54, 1.807) is 6.08 Å². The molecule has 1 rings (SSSR count). The van der Waals surface area contributed by atoms with Crippen molar-refractivity contribution in [3.8, 4) is 0 Å². The zero-order chi connectivity index (χ0) is 54.7. The fraction of sp³-hybridized carbons (Fsp3) is 0.750. The molecule has 1 heterocycles. The first-order valence-corrected chi connectivity index (χ1v) is 30.4. The lowest BCUT2D eigenvalue weighted by molar-refractivity contribution is -0.305. The van der Waals surface area contributed by atoms with Crippen molar-refractivity contribution in [2.45, 2.75) is 294 Å². The quantitative estimate of drug-likeness (QED) is 0.0195. The van der Waals surface area contributed by atoms with Crippen molar-refractivity contribution in [1.82, 2.24) is 5.32 Å². The number of ether oxygens (including phenoxy) is 3. The fourth-order valence-electron chi connectivity index (χ4n) is 8.97. The van der Waals surface area contributed by atoms with E-state index in [1.165, 1.54) is 96.3 Å². The standard InChI is InChI=1S/C64H111NO10/c1-4-7-10-13-16-19-22-24-26-28-30-31-33-36-39-42-45-48-51-57(68)63(72)65-55(56(67)50-47-44-41-38-35-21-18-15-12-9-6-3)54-73-64-62(61(71)60(70)58(53-66)74-64)75-59(69)52-49-46-43-40-37-34-32-29-27-25-23-20-17-14-11-8-5-2/h7,10,16,19,24-27,30-31,36,39,47,50,55-58,60-62,64,66-68,70-71H,4-6,8-9,11-15,17-18,20-23,28-29,32-35,37-38,40-46,48-49,51-54H2,1-3H3,(H,65,72)/b10-7-,19-16-,26-24-,27-25+,31-30-,39-36-,50-47+. The minimum Gasteiger partial charge on any atom is -0.454 e. The van der Waals surface area contributed by atoms with Crippen LogP contribution in [0.4, 0.5) is 0 Å². The van der Waals surface area contributed by atoms with Gasteiger partial charge < -0.3 is 45.1 Å². The number of unbranched alkanes of at least 4 members (excludes halogenated alkanes) is 24. The molecular formula is C64H111NO10. The Morgan fingerprint density at radius 2 is 0.960 bits per heavy atom. The van der Waals surface area contributed by atoms with E-state index in [4.69, 9.17) is 14.2 Å². The van der Waals surface area contributed by atoms with Gasteiger partial charge in [-0.2, -0.15) is 0 Å². The molecule has 75 heavy (non-hydrogen) atoms. The van der Waals surface area contributed by atoms with Crippen molar-refractivity contribution in [3.05, 3.63) is 85.1 Å². The van der Waals surface area contributed by atoms with Gasteiger partial charge in [0.1, 0.15) is 24.4 Å². The largest absolute Gasteiger partial charge is 0.454 e. The van der Waals surface area contributed by atoms with E-state index in [1.807, 2.05) is 6.08 Å². The summed E-state index contributed by atoms with van der Waals surface area (Å²) < 4.78 is 17.6. The second-order valence-electron chi connectivity index (χ2n) is 20.7. The Labute approximate surface area is 457 Å². The van der Waals surface area contributed by atoms with Gasteiger partial charge in [-0.25, -0.2) is 0 Å². The number of esters is 1. The van der Waals surface area contributed by atoms with Crippen LogP contribution in [0.25, 0.3) is 0 Å². The molecule has 0 aromatic heterocycles. The number of carbonyl (C=O) groups excluding carboxylic acids is 2. The molecule has 1 aliphatic rings. The van der Waals surface area contributed by atoms with E-state index in [2.05, 4.69) is 99.0 Å². The predicted octanol–water partition coefficient (Wildman–Crippen LogP) is 14.2. The van der Waals surface area contributed by atoms with Gasteiger partial charge in [-0.3, -0.25) is 9.59 Å². The summed E-state index contributed by atoms with van der Waals surface area (Å²) in [5.74, 6) is -1.24. The molecule has 11 nitrogen and oxygen atoms in total. The van der Waals surface area contributed by atoms with Gasteiger partial charge >= 0.3 is 5.97 Å². The molecule has 0 spiro atoms. The molecule has 0 saturated carbocycles. The Hall–Kier alpha value is -3.16. The minimum absolute atomic E-state index is 0.111. The van der Waals surface area contributed by atoms with Crippen LogP contribution in [0.15, 0.2) is 85.1 Å². The zero-order valence-electron chi connectivity index (χ0n) is 47.6. The molecule has 0 aliphatic carbocycles. The highest BCUT2D eigenvalue weighted by Gasteiger charge is 2.47. The summed E-state index contributed by atoms with van der Waals surface area (Å²) in [6.45, 7) is 5.63. The average Bonchev–Trinajstić information content (AvgIpc) is 3.41. The molecule has 0 bridgehead atoms. The van der Waals surface area contributed by atoms with E-state index < -0.39 is 67.4 Å². The first-order chi connectivity index (χ1) is 36.7. The topological polar surface area (TPSA) is 175 Å². The number of hydrogen-bond donors (Lipinski definition) is 6. The van der Waals surface area contributed by atoms with Gasteiger partial charge in [-0.1, -0.05) is 228 Å². The monoisotopic (exact) mass is 1050 g/mol. The molecule has 0 aromatic carbocycles. The number of amides is 1. The van der Waals surface area contributed by atoms with Crippen LogP contribution in [0, 0.1) is 0 Å². The third-order valence-electron chi connectivity index (χ3n) is 13.8. The molecule has 1 saturated heterocycles. The van der Waals surface area contributed by atoms with Crippen molar-refractivity contribution in [3.63, 3.8) is 0 Å². The van der Waals surface area contributed by atoms with Crippen LogP contribution in [-0.4, -0.2) is 99.6 Å². The van der Waals surface area contributed by atoms with Crippen molar-refractivity contribution in [2.75, 3.05) is 13.2 Å². The van der Waals surface area contributed by atoms with Crippen LogP contribution < -0.4 is 5.32 Å². The normalized spacial score (nSPS) is 19.8. The van der Waals surface area contributed by atoms with Crippen LogP contribution in [0.1, 0.15) is 245 Å². The average molecular weight is 1050 g/mol. The van der Waals surface area contributed by atoms with E-state index in [0.717, 1.165) is 103 Å². The summed E-state index contributed by atoms with van der Waals surface area (Å²) in [7, 11) is 0. The molecule has 0 aromatic rings. The lowest BCUT2D eigenvalue weighted by Gasteiger charge is -2.41. The molecule has 6 N–H and O–H groups in total. The second kappa shape index (κ2) is 51.6. The Morgan fingerprint density at radius 1 is 0.533 bits per heavy atom. The summed E-state index contributed by atoms with van der Waals surface area (Å²) in [5.41, 5.74) is 0. The molecule has 1 amide bonds. The summed E-state index contributed by atoms with van der Waals surface area (Å²) in [6.07, 6.45) is 56.2. The lowest BCUT2D eigenvalue weighted by Crippen LogP contribution is -2.61. The Balaban J connectivity index is 2.72. The number of carbonyl (C=O) groups is 2. The van der Waals surface area contributed by atoms with Gasteiger partial charge in [-0.05, 0) is 96.3 Å². The molecule has 0 radical (unpaired) electrons. The van der Waals surface area contributed by atoms with Gasteiger partial charge in [0.05, 0.1) is 25.4 Å². The smallest absolute Gasteiger partial charge is 0.306 e. The van der Waals surface area contributed by atoms with Gasteiger partial charge in [0, 0.05) is 6.42 Å². The van der Waals surface area contributed by atoms with E-state index in [0.29, 0.717) is 12.8 Å². The third-order valence-corrected chi connectivity index (χ3v) is 13.8. The Morgan fingerprint density at radius 3 is 1.45 bits per heavy atom. The summed E-state index contributed by atoms with van der Waals surface area (Å²) in [6, 6.07) is -1.05. The van der Waals surface area contributed by atoms with Crippen molar-refractivity contribution < 1.29 is 49.3 Å². The van der Waals surface area contributed by atoms with Gasteiger partial charge in [0.15, 0.2) is 12.4 Å². The van der Waals surface area contributed by atoms with Gasteiger partial charge in [-0.15, -0.1) is 0 Å². The van der Waals surface area contributed by atoms with Crippen molar-refractivity contribution in [1.29, 1.82) is 0 Å². The summed E-state index contributed by atoms with van der Waals surface area (Å²) in [5, 5.41) is 56.9. The lowest BCUT2D eigenvalue weighted by atomic mass is 9.99. The predicted molar refractivity (Wildman–Crippen MR) is 310 cm³/mol. The second-order valence-corrected chi connectivity index (χ2v) is 20.7. The first kappa shape index (κ1) is 69.9. The maximum atomic E-state index is 13.4. The number of aliphatic hydroxyl groups excluding tert-OH is 5. The van der Waals surface area contributed by atoms with Crippen LogP contribution in [-0.2, 0) is 23.8 Å². The molecule has 1 fully saturated rings. The van der Waals surface area contributed by atoms with Crippen LogP contribution >= 0.6 is 0 Å². The van der Waals surface area contributed by atoms with Gasteiger partial charge in [0.25, 0.3) is 0 Å². The molecule has 11 heteroatoms. The highest BCUT2D eigenvalue weighted by Crippen LogP contribution is 2.26. The molecule has 1 aliphatic heterocycles. The number of rotatable bonds is 50. The van der Waals surface area contributed by atoms with Crippen LogP contribution in [0.2, 0.25) is 0 Å². The van der Waals surface area contributed by atoms with E-state index >= 15 is 0 Å². The highest BCUT2D eigenvalue weighted by molar-refractivity contribution is 5.80. The van der Waals surface area contributed by atoms with Gasteiger partial charge in [0.2, 0.25) is 5.91 Å². The fourth-order valence-corrected chi connectivity index (χ4v) is 8.97. The molecule has 8 atom stereocenters. The molecule has 432 valence electrons. The number of hydrogen-bond acceptors (Lipinski definition) is 10. The first-order valence-electron chi connectivity index (χ1n) is 30.4. The van der Waals surface area contributed by atoms with E-state index in [9.17, 15) is 35.1 Å². The minimum atomic E-state index is -1.62.